The summed E-state index contributed by atoms with van der Waals surface area (Å²) in [5.41, 5.74) is 0. The van der Waals surface area contributed by atoms with Crippen molar-refractivity contribution in [3.05, 3.63) is 0 Å². The van der Waals surface area contributed by atoms with E-state index in [0.29, 0.717) is 6.42 Å². The zero-order chi connectivity index (χ0) is 6.78. The van der Waals surface area contributed by atoms with Crippen molar-refractivity contribution < 1.29 is 31.8 Å². The van der Waals surface area contributed by atoms with Gasteiger partial charge < -0.3 is 4.55 Å². The van der Waals surface area contributed by atoms with Crippen LogP contribution in [0.3, 0.4) is 0 Å². The van der Waals surface area contributed by atoms with Crippen molar-refractivity contribution in [3.63, 3.8) is 0 Å². The van der Waals surface area contributed by atoms with E-state index in [1.54, 1.807) is 6.92 Å². The van der Waals surface area contributed by atoms with Gasteiger partial charge in [0.25, 0.3) is 0 Å². The van der Waals surface area contributed by atoms with Crippen LogP contribution in [0.5, 0.6) is 0 Å². The van der Waals surface area contributed by atoms with Crippen molar-refractivity contribution >= 4 is 10.1 Å². The molecule has 0 aromatic rings. The predicted octanol–water partition coefficient (Wildman–Crippen LogP) is -2.67. The standard InChI is InChI=1S/C4H10O3S.Li/c1-3-4(2)8(5,6)7;/h4H,3H2,1-2H3,(H,5,6,7);/q;+1/p-1. The predicted molar refractivity (Wildman–Crippen MR) is 29.5 cm³/mol. The molecule has 1 atom stereocenters. The van der Waals surface area contributed by atoms with Crippen LogP contribution in [0.15, 0.2) is 0 Å². The molecule has 0 radical (unpaired) electrons. The third-order valence-electron chi connectivity index (χ3n) is 1.07. The molecule has 50 valence electrons. The summed E-state index contributed by atoms with van der Waals surface area (Å²) in [7, 11) is -4.00. The summed E-state index contributed by atoms with van der Waals surface area (Å²) in [4.78, 5) is 0. The van der Waals surface area contributed by atoms with Crippen LogP contribution in [0.4, 0.5) is 0 Å². The van der Waals surface area contributed by atoms with Gasteiger partial charge in [-0.2, -0.15) is 0 Å². The third-order valence-corrected chi connectivity index (χ3v) is 2.39. The molecule has 0 aliphatic heterocycles. The Balaban J connectivity index is 0. The molecule has 0 heterocycles. The maximum atomic E-state index is 10.0. The van der Waals surface area contributed by atoms with Crippen molar-refractivity contribution in [2.24, 2.45) is 0 Å². The van der Waals surface area contributed by atoms with Crippen molar-refractivity contribution in [1.29, 1.82) is 0 Å². The maximum Gasteiger partial charge on any atom is 1.00 e. The molecule has 0 rings (SSSR count). The third kappa shape index (κ3) is 4.98. The Morgan fingerprint density at radius 3 is 1.89 bits per heavy atom. The van der Waals surface area contributed by atoms with Gasteiger partial charge >= 0.3 is 18.9 Å². The Bertz CT molecular complexity index is 151. The van der Waals surface area contributed by atoms with Gasteiger partial charge in [-0.15, -0.1) is 0 Å². The van der Waals surface area contributed by atoms with E-state index < -0.39 is 15.4 Å². The second kappa shape index (κ2) is 4.34. The summed E-state index contributed by atoms with van der Waals surface area (Å²) in [6.07, 6.45) is 0.395. The first-order chi connectivity index (χ1) is 3.48. The van der Waals surface area contributed by atoms with E-state index in [0.717, 1.165) is 0 Å². The van der Waals surface area contributed by atoms with Crippen LogP contribution >= 0.6 is 0 Å². The second-order valence-electron chi connectivity index (χ2n) is 1.71. The Kier molecular flexibility index (Phi) is 5.89. The van der Waals surface area contributed by atoms with Gasteiger partial charge in [-0.25, -0.2) is 8.42 Å². The zero-order valence-electron chi connectivity index (χ0n) is 5.92. The summed E-state index contributed by atoms with van der Waals surface area (Å²) in [6.45, 7) is 3.07. The molecular formula is C4H9LiO3S. The fourth-order valence-corrected chi connectivity index (χ4v) is 0.612. The normalized spacial score (nSPS) is 14.1. The van der Waals surface area contributed by atoms with Crippen LogP contribution in [0.25, 0.3) is 0 Å². The summed E-state index contributed by atoms with van der Waals surface area (Å²) in [6, 6.07) is 0. The van der Waals surface area contributed by atoms with Crippen LogP contribution in [0.1, 0.15) is 20.3 Å². The summed E-state index contributed by atoms with van der Waals surface area (Å²) >= 11 is 0. The Morgan fingerprint density at radius 1 is 1.56 bits per heavy atom. The van der Waals surface area contributed by atoms with Crippen molar-refractivity contribution in [3.8, 4) is 0 Å². The molecule has 0 bridgehead atoms. The molecule has 1 unspecified atom stereocenters. The quantitative estimate of drug-likeness (QED) is 0.314. The number of rotatable bonds is 2. The van der Waals surface area contributed by atoms with Crippen LogP contribution in [0.2, 0.25) is 0 Å². The van der Waals surface area contributed by atoms with Crippen LogP contribution in [-0.4, -0.2) is 18.2 Å². The van der Waals surface area contributed by atoms with E-state index in [-0.39, 0.29) is 18.9 Å². The summed E-state index contributed by atoms with van der Waals surface area (Å²) in [5.74, 6) is 0. The second-order valence-corrected chi connectivity index (χ2v) is 3.50. The first kappa shape index (κ1) is 12.2. The summed E-state index contributed by atoms with van der Waals surface area (Å²) in [5, 5.41) is -0.734. The van der Waals surface area contributed by atoms with Gasteiger partial charge in [0, 0.05) is 5.25 Å². The molecule has 0 aromatic carbocycles. The van der Waals surface area contributed by atoms with Crippen LogP contribution in [0, 0.1) is 0 Å². The fraction of sp³-hybridized carbons (Fsp3) is 1.00. The van der Waals surface area contributed by atoms with Crippen molar-refractivity contribution in [2.45, 2.75) is 25.5 Å². The zero-order valence-corrected chi connectivity index (χ0v) is 6.73. The molecule has 0 saturated heterocycles. The van der Waals surface area contributed by atoms with E-state index in [4.69, 9.17) is 0 Å². The minimum atomic E-state index is -4.00. The molecule has 0 aromatic heterocycles. The first-order valence-corrected chi connectivity index (χ1v) is 3.90. The first-order valence-electron chi connectivity index (χ1n) is 2.43. The molecule has 0 amide bonds. The molecule has 0 spiro atoms. The average Bonchev–Trinajstić information content (AvgIpc) is 1.62. The van der Waals surface area contributed by atoms with E-state index in [1.807, 2.05) is 0 Å². The van der Waals surface area contributed by atoms with E-state index >= 15 is 0 Å². The van der Waals surface area contributed by atoms with Gasteiger partial charge in [0.2, 0.25) is 0 Å². The molecule has 0 saturated carbocycles. The molecule has 0 fully saturated rings. The average molecular weight is 144 g/mol. The number of hydrogen-bond donors (Lipinski definition) is 0. The topological polar surface area (TPSA) is 57.2 Å². The van der Waals surface area contributed by atoms with E-state index in [9.17, 15) is 13.0 Å². The Morgan fingerprint density at radius 2 is 1.89 bits per heavy atom. The SMILES string of the molecule is CCC(C)S(=O)(=O)[O-].[Li+]. The van der Waals surface area contributed by atoms with Gasteiger partial charge in [0.1, 0.15) is 0 Å². The van der Waals surface area contributed by atoms with Crippen LogP contribution < -0.4 is 18.9 Å². The molecule has 0 aliphatic carbocycles. The molecule has 3 nitrogen and oxygen atoms in total. The van der Waals surface area contributed by atoms with Crippen molar-refractivity contribution in [1.82, 2.24) is 0 Å². The smallest absolute Gasteiger partial charge is 0.748 e. The van der Waals surface area contributed by atoms with Gasteiger partial charge in [-0.05, 0) is 13.3 Å². The molecule has 0 aliphatic rings. The Labute approximate surface area is 67.8 Å². The monoisotopic (exact) mass is 144 g/mol. The maximum absolute atomic E-state index is 10.0. The van der Waals surface area contributed by atoms with Gasteiger partial charge in [-0.1, -0.05) is 6.92 Å². The van der Waals surface area contributed by atoms with Crippen molar-refractivity contribution in [2.75, 3.05) is 0 Å². The number of hydrogen-bond acceptors (Lipinski definition) is 3. The summed E-state index contributed by atoms with van der Waals surface area (Å²) < 4.78 is 30.0. The largest absolute Gasteiger partial charge is 1.00 e. The van der Waals surface area contributed by atoms with E-state index in [1.165, 1.54) is 6.92 Å². The molecular weight excluding hydrogens is 135 g/mol. The minimum absolute atomic E-state index is 0. The Hall–Kier alpha value is 0.507. The molecule has 0 N–H and O–H groups in total. The molecule has 9 heavy (non-hydrogen) atoms. The van der Waals surface area contributed by atoms with E-state index in [2.05, 4.69) is 0 Å². The van der Waals surface area contributed by atoms with Crippen LogP contribution in [-0.2, 0) is 10.1 Å². The minimum Gasteiger partial charge on any atom is -0.748 e. The van der Waals surface area contributed by atoms with Gasteiger partial charge in [-0.3, -0.25) is 0 Å². The molecule has 5 heteroatoms. The fourth-order valence-electron chi connectivity index (χ4n) is 0.204. The van der Waals surface area contributed by atoms with Gasteiger partial charge in [0.05, 0.1) is 10.1 Å². The van der Waals surface area contributed by atoms with Gasteiger partial charge in [0.15, 0.2) is 0 Å².